The van der Waals surface area contributed by atoms with Gasteiger partial charge in [-0.05, 0) is 44.0 Å². The Morgan fingerprint density at radius 2 is 2.06 bits per heavy atom. The van der Waals surface area contributed by atoms with E-state index < -0.39 is 5.60 Å². The van der Waals surface area contributed by atoms with Crippen LogP contribution in [0.1, 0.15) is 25.0 Å². The summed E-state index contributed by atoms with van der Waals surface area (Å²) in [5.74, 6) is -0.281. The Morgan fingerprint density at radius 3 is 2.59 bits per heavy atom. The number of nitrogens with zero attached hydrogens (tertiary/aromatic N) is 1. The van der Waals surface area contributed by atoms with Crippen molar-refractivity contribution < 1.29 is 9.90 Å². The molecule has 1 aromatic carbocycles. The van der Waals surface area contributed by atoms with Crippen molar-refractivity contribution in [3.63, 3.8) is 0 Å². The molecule has 0 spiro atoms. The Hall–Kier alpha value is -0.870. The fourth-order valence-corrected chi connectivity index (χ4v) is 2.01. The predicted molar refractivity (Wildman–Crippen MR) is 71.7 cm³/mol. The Labute approximate surface area is 111 Å². The summed E-state index contributed by atoms with van der Waals surface area (Å²) in [7, 11) is 1.70. The summed E-state index contributed by atoms with van der Waals surface area (Å²) in [6.07, 6.45) is 0. The summed E-state index contributed by atoms with van der Waals surface area (Å²) in [6.45, 7) is 5.50. The van der Waals surface area contributed by atoms with Crippen molar-refractivity contribution in [1.29, 1.82) is 0 Å². The smallest absolute Gasteiger partial charge is 0.253 e. The normalized spacial score (nSPS) is 11.4. The molecule has 0 bridgehead atoms. The van der Waals surface area contributed by atoms with Crippen molar-refractivity contribution in [1.82, 2.24) is 4.90 Å². The third kappa shape index (κ3) is 3.82. The molecule has 4 heteroatoms. The molecule has 0 aliphatic carbocycles. The van der Waals surface area contributed by atoms with Crippen LogP contribution in [0.3, 0.4) is 0 Å². The molecule has 0 fully saturated rings. The Bertz CT molecular complexity index is 424. The topological polar surface area (TPSA) is 40.5 Å². The van der Waals surface area contributed by atoms with Crippen LogP contribution in [0, 0.1) is 6.92 Å². The van der Waals surface area contributed by atoms with Crippen molar-refractivity contribution in [3.05, 3.63) is 33.8 Å². The molecule has 1 N–H and O–H groups in total. The number of carbonyl (C=O) groups is 1. The van der Waals surface area contributed by atoms with Gasteiger partial charge in [-0.1, -0.05) is 22.0 Å². The van der Waals surface area contributed by atoms with Gasteiger partial charge in [-0.2, -0.15) is 0 Å². The predicted octanol–water partition coefficient (Wildman–Crippen LogP) is 2.49. The van der Waals surface area contributed by atoms with E-state index in [0.717, 1.165) is 15.6 Å². The molecule has 3 nitrogen and oxygen atoms in total. The average Bonchev–Trinajstić information content (AvgIpc) is 2.21. The van der Waals surface area contributed by atoms with Crippen LogP contribution >= 0.6 is 15.9 Å². The first-order chi connectivity index (χ1) is 7.71. The summed E-state index contributed by atoms with van der Waals surface area (Å²) < 4.78 is 0.988. The van der Waals surface area contributed by atoms with E-state index in [0.29, 0.717) is 6.54 Å². The monoisotopic (exact) mass is 299 g/mol. The van der Waals surface area contributed by atoms with Crippen LogP contribution < -0.4 is 0 Å². The summed E-state index contributed by atoms with van der Waals surface area (Å²) >= 11 is 3.41. The molecule has 17 heavy (non-hydrogen) atoms. The molecular formula is C13H18BrNO2. The zero-order valence-corrected chi connectivity index (χ0v) is 12.2. The zero-order valence-electron chi connectivity index (χ0n) is 10.6. The molecule has 0 aromatic heterocycles. The van der Waals surface area contributed by atoms with Crippen LogP contribution in [-0.4, -0.2) is 28.6 Å². The molecule has 0 aliphatic rings. The van der Waals surface area contributed by atoms with Gasteiger partial charge in [0.15, 0.2) is 0 Å². The maximum Gasteiger partial charge on any atom is 0.253 e. The maximum absolute atomic E-state index is 11.8. The SMILES string of the molecule is Cc1ccc(Br)cc1CN(C)C(=O)C(C)(C)O. The first-order valence-electron chi connectivity index (χ1n) is 5.45. The van der Waals surface area contributed by atoms with E-state index in [2.05, 4.69) is 15.9 Å². The van der Waals surface area contributed by atoms with E-state index in [1.165, 1.54) is 18.7 Å². The van der Waals surface area contributed by atoms with E-state index in [1.54, 1.807) is 7.05 Å². The van der Waals surface area contributed by atoms with Gasteiger partial charge in [-0.15, -0.1) is 0 Å². The van der Waals surface area contributed by atoms with Crippen molar-refractivity contribution in [2.75, 3.05) is 7.05 Å². The second-order valence-corrected chi connectivity index (χ2v) is 5.71. The molecule has 0 heterocycles. The molecule has 1 aromatic rings. The number of aliphatic hydroxyl groups is 1. The lowest BCUT2D eigenvalue weighted by atomic mass is 10.1. The summed E-state index contributed by atoms with van der Waals surface area (Å²) in [5.41, 5.74) is 0.873. The molecular weight excluding hydrogens is 282 g/mol. The number of halogens is 1. The molecule has 94 valence electrons. The summed E-state index contributed by atoms with van der Waals surface area (Å²) in [6, 6.07) is 5.96. The third-order valence-corrected chi connectivity index (χ3v) is 3.08. The minimum Gasteiger partial charge on any atom is -0.381 e. The number of rotatable bonds is 3. The highest BCUT2D eigenvalue weighted by atomic mass is 79.9. The second kappa shape index (κ2) is 5.19. The van der Waals surface area contributed by atoms with Gasteiger partial charge >= 0.3 is 0 Å². The number of likely N-dealkylation sites (N-methyl/N-ethyl adjacent to an activating group) is 1. The van der Waals surface area contributed by atoms with Crippen LogP contribution in [0.5, 0.6) is 0 Å². The Morgan fingerprint density at radius 1 is 1.47 bits per heavy atom. The first-order valence-corrected chi connectivity index (χ1v) is 6.24. The summed E-state index contributed by atoms with van der Waals surface area (Å²) in [5, 5.41) is 9.66. The lowest BCUT2D eigenvalue weighted by Gasteiger charge is -2.25. The van der Waals surface area contributed by atoms with Crippen molar-refractivity contribution in [2.45, 2.75) is 32.9 Å². The van der Waals surface area contributed by atoms with Crippen molar-refractivity contribution >= 4 is 21.8 Å². The van der Waals surface area contributed by atoms with Crippen LogP contribution in [0.2, 0.25) is 0 Å². The minimum atomic E-state index is -1.32. The van der Waals surface area contributed by atoms with Gasteiger partial charge in [0.1, 0.15) is 5.60 Å². The van der Waals surface area contributed by atoms with E-state index in [9.17, 15) is 9.90 Å². The highest BCUT2D eigenvalue weighted by Crippen LogP contribution is 2.18. The molecule has 0 saturated heterocycles. The number of carbonyl (C=O) groups excluding carboxylic acids is 1. The van der Waals surface area contributed by atoms with E-state index >= 15 is 0 Å². The quantitative estimate of drug-likeness (QED) is 0.931. The standard InChI is InChI=1S/C13H18BrNO2/c1-9-5-6-11(14)7-10(9)8-15(4)12(16)13(2,3)17/h5-7,17H,8H2,1-4H3. The average molecular weight is 300 g/mol. The first kappa shape index (κ1) is 14.2. The highest BCUT2D eigenvalue weighted by Gasteiger charge is 2.27. The van der Waals surface area contributed by atoms with Gasteiger partial charge in [-0.25, -0.2) is 0 Å². The lowest BCUT2D eigenvalue weighted by molar-refractivity contribution is -0.146. The molecule has 0 atom stereocenters. The van der Waals surface area contributed by atoms with E-state index in [4.69, 9.17) is 0 Å². The molecule has 1 amide bonds. The largest absolute Gasteiger partial charge is 0.381 e. The number of hydrogen-bond acceptors (Lipinski definition) is 2. The number of amides is 1. The minimum absolute atomic E-state index is 0.281. The fraction of sp³-hybridized carbons (Fsp3) is 0.462. The van der Waals surface area contributed by atoms with Crippen LogP contribution in [0.4, 0.5) is 0 Å². The van der Waals surface area contributed by atoms with Gasteiger partial charge in [0.25, 0.3) is 5.91 Å². The number of benzene rings is 1. The maximum atomic E-state index is 11.8. The van der Waals surface area contributed by atoms with Gasteiger partial charge in [0.2, 0.25) is 0 Å². The van der Waals surface area contributed by atoms with Crippen molar-refractivity contribution in [3.8, 4) is 0 Å². The fourth-order valence-electron chi connectivity index (χ4n) is 1.60. The summed E-state index contributed by atoms with van der Waals surface area (Å²) in [4.78, 5) is 13.4. The van der Waals surface area contributed by atoms with Crippen LogP contribution in [0.25, 0.3) is 0 Å². The van der Waals surface area contributed by atoms with E-state index in [-0.39, 0.29) is 5.91 Å². The van der Waals surface area contributed by atoms with Gasteiger partial charge in [0.05, 0.1) is 0 Å². The third-order valence-electron chi connectivity index (χ3n) is 2.59. The molecule has 0 radical (unpaired) electrons. The molecule has 0 aliphatic heterocycles. The second-order valence-electron chi connectivity index (χ2n) is 4.79. The van der Waals surface area contributed by atoms with Gasteiger partial charge < -0.3 is 10.0 Å². The number of hydrogen-bond donors (Lipinski definition) is 1. The van der Waals surface area contributed by atoms with Crippen LogP contribution in [-0.2, 0) is 11.3 Å². The van der Waals surface area contributed by atoms with E-state index in [1.807, 2.05) is 25.1 Å². The number of aryl methyl sites for hydroxylation is 1. The van der Waals surface area contributed by atoms with Crippen LogP contribution in [0.15, 0.2) is 22.7 Å². The lowest BCUT2D eigenvalue weighted by Crippen LogP contribution is -2.42. The van der Waals surface area contributed by atoms with Gasteiger partial charge in [-0.3, -0.25) is 4.79 Å². The Balaban J connectivity index is 2.85. The van der Waals surface area contributed by atoms with Crippen molar-refractivity contribution in [2.24, 2.45) is 0 Å². The highest BCUT2D eigenvalue weighted by molar-refractivity contribution is 9.10. The molecule has 0 unspecified atom stereocenters. The zero-order chi connectivity index (χ0) is 13.2. The van der Waals surface area contributed by atoms with Gasteiger partial charge in [0, 0.05) is 18.1 Å². The molecule has 1 rings (SSSR count). The molecule has 0 saturated carbocycles. The Kier molecular flexibility index (Phi) is 4.33.